The quantitative estimate of drug-likeness (QED) is 0.591. The van der Waals surface area contributed by atoms with Crippen LogP contribution in [0.5, 0.6) is 5.75 Å². The Bertz CT molecular complexity index is 481. The molecule has 1 saturated heterocycles. The molecular formula is C14H19N3O3. The molecule has 0 radical (unpaired) electrons. The van der Waals surface area contributed by atoms with E-state index >= 15 is 0 Å². The van der Waals surface area contributed by atoms with E-state index < -0.39 is 11.9 Å². The fourth-order valence-electron chi connectivity index (χ4n) is 2.27. The van der Waals surface area contributed by atoms with E-state index in [9.17, 15) is 14.7 Å². The third kappa shape index (κ3) is 3.71. The Morgan fingerprint density at radius 3 is 2.65 bits per heavy atom. The molecule has 6 heteroatoms. The third-order valence-corrected chi connectivity index (χ3v) is 3.41. The first-order valence-electron chi connectivity index (χ1n) is 6.67. The Morgan fingerprint density at radius 1 is 1.40 bits per heavy atom. The van der Waals surface area contributed by atoms with Gasteiger partial charge >= 0.3 is 0 Å². The normalized spacial score (nSPS) is 19.5. The Kier molecular flexibility index (Phi) is 4.57. The largest absolute Gasteiger partial charge is 0.508 e. The summed E-state index contributed by atoms with van der Waals surface area (Å²) in [5, 5.41) is 15.0. The van der Waals surface area contributed by atoms with Gasteiger partial charge in [0.2, 0.25) is 11.8 Å². The zero-order valence-electron chi connectivity index (χ0n) is 11.1. The summed E-state index contributed by atoms with van der Waals surface area (Å²) in [6, 6.07) is 5.49. The van der Waals surface area contributed by atoms with Gasteiger partial charge in [-0.3, -0.25) is 9.59 Å². The predicted octanol–water partition coefficient (Wildman–Crippen LogP) is -0.343. The van der Waals surface area contributed by atoms with E-state index in [1.54, 1.807) is 12.1 Å². The van der Waals surface area contributed by atoms with Gasteiger partial charge in [0, 0.05) is 6.42 Å². The van der Waals surface area contributed by atoms with Crippen molar-refractivity contribution in [1.29, 1.82) is 0 Å². The Morgan fingerprint density at radius 2 is 2.10 bits per heavy atom. The molecule has 2 atom stereocenters. The number of hydrogen-bond acceptors (Lipinski definition) is 4. The highest BCUT2D eigenvalue weighted by Gasteiger charge is 2.26. The number of aromatic hydroxyl groups is 1. The van der Waals surface area contributed by atoms with Crippen molar-refractivity contribution in [2.75, 3.05) is 6.54 Å². The molecule has 1 aromatic rings. The molecule has 0 saturated carbocycles. The van der Waals surface area contributed by atoms with Crippen LogP contribution >= 0.6 is 0 Å². The van der Waals surface area contributed by atoms with Crippen molar-refractivity contribution < 1.29 is 14.7 Å². The number of amides is 2. The van der Waals surface area contributed by atoms with Crippen molar-refractivity contribution in [1.82, 2.24) is 10.6 Å². The molecule has 6 nitrogen and oxygen atoms in total. The van der Waals surface area contributed by atoms with Crippen LogP contribution in [0, 0.1) is 0 Å². The molecule has 1 aliphatic rings. The maximum Gasteiger partial charge on any atom is 0.240 e. The highest BCUT2D eigenvalue weighted by atomic mass is 16.3. The zero-order valence-corrected chi connectivity index (χ0v) is 11.1. The minimum Gasteiger partial charge on any atom is -0.508 e. The van der Waals surface area contributed by atoms with Crippen molar-refractivity contribution in [2.24, 2.45) is 5.73 Å². The van der Waals surface area contributed by atoms with Gasteiger partial charge in [0.05, 0.1) is 6.04 Å². The molecule has 20 heavy (non-hydrogen) atoms. The lowest BCUT2D eigenvalue weighted by molar-refractivity contribution is -0.128. The van der Waals surface area contributed by atoms with Gasteiger partial charge in [0.1, 0.15) is 11.8 Å². The molecule has 0 bridgehead atoms. The third-order valence-electron chi connectivity index (χ3n) is 3.41. The van der Waals surface area contributed by atoms with E-state index in [-0.39, 0.29) is 17.7 Å². The molecule has 0 spiro atoms. The van der Waals surface area contributed by atoms with Crippen LogP contribution in [0.25, 0.3) is 0 Å². The lowest BCUT2D eigenvalue weighted by atomic mass is 10.0. The SMILES string of the molecule is NC(=O)[C@@H](Cc1ccc(O)cc1)NC(=O)[C@@H]1CCCN1. The standard InChI is InChI=1S/C14H19N3O3/c15-13(19)12(8-9-3-5-10(18)6-4-9)17-14(20)11-2-1-7-16-11/h3-6,11-12,16,18H,1-2,7-8H2,(H2,15,19)(H,17,20)/t11-,12+/m0/s1. The molecule has 0 aliphatic carbocycles. The van der Waals surface area contributed by atoms with Gasteiger partial charge in [0.25, 0.3) is 0 Å². The first-order valence-corrected chi connectivity index (χ1v) is 6.67. The summed E-state index contributed by atoms with van der Waals surface area (Å²) in [5.74, 6) is -0.599. The van der Waals surface area contributed by atoms with Crippen molar-refractivity contribution in [3.8, 4) is 5.75 Å². The van der Waals surface area contributed by atoms with Crippen LogP contribution in [0.1, 0.15) is 18.4 Å². The topological polar surface area (TPSA) is 104 Å². The lowest BCUT2D eigenvalue weighted by Crippen LogP contribution is -2.51. The van der Waals surface area contributed by atoms with E-state index in [1.807, 2.05) is 0 Å². The minimum atomic E-state index is -0.741. The van der Waals surface area contributed by atoms with E-state index in [4.69, 9.17) is 5.73 Å². The predicted molar refractivity (Wildman–Crippen MR) is 74.0 cm³/mol. The van der Waals surface area contributed by atoms with Gasteiger partial charge in [-0.15, -0.1) is 0 Å². The van der Waals surface area contributed by atoms with E-state index in [1.165, 1.54) is 12.1 Å². The number of nitrogens with one attached hydrogen (secondary N) is 2. The number of nitrogens with two attached hydrogens (primary N) is 1. The first kappa shape index (κ1) is 14.3. The fraction of sp³-hybridized carbons (Fsp3) is 0.429. The second-order valence-electron chi connectivity index (χ2n) is 4.98. The molecule has 1 aromatic carbocycles. The second-order valence-corrected chi connectivity index (χ2v) is 4.98. The summed E-state index contributed by atoms with van der Waals surface area (Å²) in [5.41, 5.74) is 6.16. The summed E-state index contributed by atoms with van der Waals surface area (Å²) >= 11 is 0. The van der Waals surface area contributed by atoms with E-state index in [0.29, 0.717) is 6.42 Å². The molecule has 2 rings (SSSR count). The highest BCUT2D eigenvalue weighted by molar-refractivity contribution is 5.89. The smallest absolute Gasteiger partial charge is 0.240 e. The van der Waals surface area contributed by atoms with Crippen molar-refractivity contribution in [3.05, 3.63) is 29.8 Å². The van der Waals surface area contributed by atoms with Crippen LogP contribution in [0.2, 0.25) is 0 Å². The van der Waals surface area contributed by atoms with E-state index in [2.05, 4.69) is 10.6 Å². The number of phenolic OH excluding ortho intramolecular Hbond substituents is 1. The number of hydrogen-bond donors (Lipinski definition) is 4. The van der Waals surface area contributed by atoms with Gasteiger partial charge in [-0.2, -0.15) is 0 Å². The Balaban J connectivity index is 1.98. The number of benzene rings is 1. The molecule has 0 unspecified atom stereocenters. The van der Waals surface area contributed by atoms with Crippen LogP contribution in [0.4, 0.5) is 0 Å². The van der Waals surface area contributed by atoms with Gasteiger partial charge in [0.15, 0.2) is 0 Å². The van der Waals surface area contributed by atoms with Crippen LogP contribution in [-0.2, 0) is 16.0 Å². The number of carbonyl (C=O) groups excluding carboxylic acids is 2. The maximum atomic E-state index is 12.0. The summed E-state index contributed by atoms with van der Waals surface area (Å²) in [6.07, 6.45) is 2.04. The van der Waals surface area contributed by atoms with Gasteiger partial charge < -0.3 is 21.5 Å². The molecule has 108 valence electrons. The zero-order chi connectivity index (χ0) is 14.5. The molecule has 0 aromatic heterocycles. The van der Waals surface area contributed by atoms with Gasteiger partial charge in [-0.05, 0) is 37.1 Å². The summed E-state index contributed by atoms with van der Waals surface area (Å²) in [4.78, 5) is 23.4. The van der Waals surface area contributed by atoms with Gasteiger partial charge in [-0.1, -0.05) is 12.1 Å². The molecule has 1 aliphatic heterocycles. The second kappa shape index (κ2) is 6.38. The minimum absolute atomic E-state index is 0.156. The van der Waals surface area contributed by atoms with Crippen LogP contribution in [0.15, 0.2) is 24.3 Å². The molecule has 1 heterocycles. The van der Waals surface area contributed by atoms with Crippen LogP contribution < -0.4 is 16.4 Å². The van der Waals surface area contributed by atoms with Crippen LogP contribution in [-0.4, -0.2) is 35.5 Å². The summed E-state index contributed by atoms with van der Waals surface area (Å²) in [7, 11) is 0. The van der Waals surface area contributed by atoms with Crippen molar-refractivity contribution >= 4 is 11.8 Å². The molecular weight excluding hydrogens is 258 g/mol. The number of primary amides is 1. The summed E-state index contributed by atoms with van der Waals surface area (Å²) < 4.78 is 0. The van der Waals surface area contributed by atoms with Gasteiger partial charge in [-0.25, -0.2) is 0 Å². The lowest BCUT2D eigenvalue weighted by Gasteiger charge is -2.18. The Hall–Kier alpha value is -2.08. The first-order chi connectivity index (χ1) is 9.56. The molecule has 2 amide bonds. The molecule has 5 N–H and O–H groups in total. The Labute approximate surface area is 117 Å². The number of rotatable bonds is 5. The number of phenols is 1. The van der Waals surface area contributed by atoms with Crippen molar-refractivity contribution in [3.63, 3.8) is 0 Å². The van der Waals surface area contributed by atoms with E-state index in [0.717, 1.165) is 24.9 Å². The molecule has 1 fully saturated rings. The summed E-state index contributed by atoms with van der Waals surface area (Å²) in [6.45, 7) is 0.817. The number of carbonyl (C=O) groups is 2. The highest BCUT2D eigenvalue weighted by Crippen LogP contribution is 2.12. The average molecular weight is 277 g/mol. The maximum absolute atomic E-state index is 12.0. The van der Waals surface area contributed by atoms with Crippen LogP contribution in [0.3, 0.4) is 0 Å². The monoisotopic (exact) mass is 277 g/mol. The van der Waals surface area contributed by atoms with Crippen molar-refractivity contribution in [2.45, 2.75) is 31.3 Å². The average Bonchev–Trinajstić information content (AvgIpc) is 2.94. The fourth-order valence-corrected chi connectivity index (χ4v) is 2.27.